The first-order chi connectivity index (χ1) is 6.65. The molecule has 0 radical (unpaired) electrons. The molecule has 2 N–H and O–H groups in total. The van der Waals surface area contributed by atoms with Gasteiger partial charge in [-0.25, -0.2) is 0 Å². The molecule has 2 fully saturated rings. The maximum atomic E-state index is 11.6. The smallest absolute Gasteiger partial charge is 0.229 e. The fourth-order valence-electron chi connectivity index (χ4n) is 2.08. The minimum atomic E-state index is 0.0395. The second kappa shape index (κ2) is 3.82. The van der Waals surface area contributed by atoms with Gasteiger partial charge in [0.05, 0.1) is 23.6 Å². The number of carbonyl (C=O) groups excluding carboxylic acids is 1. The average Bonchev–Trinajstić information content (AvgIpc) is 2.44. The number of hydrogen-bond donors (Lipinski definition) is 1. The second-order valence-corrected chi connectivity index (χ2v) is 4.42. The predicted molar refractivity (Wildman–Crippen MR) is 55.9 cm³/mol. The lowest BCUT2D eigenvalue weighted by molar-refractivity contribution is -0.138. The van der Waals surface area contributed by atoms with Gasteiger partial charge in [-0.15, -0.1) is 0 Å². The number of likely N-dealkylation sites (tertiary alicyclic amines) is 1. The molecule has 0 spiro atoms. The molecule has 2 heterocycles. The Balaban J connectivity index is 1.92. The third-order valence-electron chi connectivity index (χ3n) is 2.72. The molecule has 2 unspecified atom stereocenters. The van der Waals surface area contributed by atoms with Crippen LogP contribution in [-0.2, 0) is 9.53 Å². The SMILES string of the molecule is NC(=S)CC(=O)N1CC2CCC(C1)O2. The highest BCUT2D eigenvalue weighted by Gasteiger charge is 2.35. The zero-order chi connectivity index (χ0) is 10.1. The van der Waals surface area contributed by atoms with Crippen LogP contribution in [0.2, 0.25) is 0 Å². The van der Waals surface area contributed by atoms with Gasteiger partial charge in [0.25, 0.3) is 0 Å². The van der Waals surface area contributed by atoms with Crippen LogP contribution in [0.25, 0.3) is 0 Å². The Morgan fingerprint density at radius 2 is 2.00 bits per heavy atom. The first-order valence-corrected chi connectivity index (χ1v) is 5.27. The van der Waals surface area contributed by atoms with Crippen LogP contribution in [0.5, 0.6) is 0 Å². The van der Waals surface area contributed by atoms with Crippen molar-refractivity contribution in [2.24, 2.45) is 5.73 Å². The highest BCUT2D eigenvalue weighted by atomic mass is 32.1. The fraction of sp³-hybridized carbons (Fsp3) is 0.778. The van der Waals surface area contributed by atoms with Gasteiger partial charge in [-0.1, -0.05) is 12.2 Å². The van der Waals surface area contributed by atoms with Gasteiger partial charge in [0.15, 0.2) is 0 Å². The highest BCUT2D eigenvalue weighted by Crippen LogP contribution is 2.26. The van der Waals surface area contributed by atoms with E-state index in [4.69, 9.17) is 22.7 Å². The lowest BCUT2D eigenvalue weighted by atomic mass is 10.2. The van der Waals surface area contributed by atoms with E-state index in [2.05, 4.69) is 0 Å². The van der Waals surface area contributed by atoms with E-state index in [9.17, 15) is 4.79 Å². The number of morpholine rings is 1. The summed E-state index contributed by atoms with van der Waals surface area (Å²) >= 11 is 4.71. The van der Waals surface area contributed by atoms with Crippen LogP contribution in [0.15, 0.2) is 0 Å². The molecular formula is C9H14N2O2S. The van der Waals surface area contributed by atoms with Gasteiger partial charge in [-0.05, 0) is 12.8 Å². The van der Waals surface area contributed by atoms with Crippen LogP contribution in [0, 0.1) is 0 Å². The van der Waals surface area contributed by atoms with Crippen molar-refractivity contribution in [1.82, 2.24) is 4.90 Å². The Morgan fingerprint density at radius 1 is 1.43 bits per heavy atom. The van der Waals surface area contributed by atoms with Gasteiger partial charge in [-0.2, -0.15) is 0 Å². The lowest BCUT2D eigenvalue weighted by Gasteiger charge is -2.32. The number of thiocarbonyl (C=S) groups is 1. The number of carbonyl (C=O) groups is 1. The minimum absolute atomic E-state index is 0.0395. The summed E-state index contributed by atoms with van der Waals surface area (Å²) in [4.78, 5) is 13.7. The normalized spacial score (nSPS) is 30.4. The summed E-state index contributed by atoms with van der Waals surface area (Å²) in [7, 11) is 0. The first-order valence-electron chi connectivity index (χ1n) is 4.86. The van der Waals surface area contributed by atoms with Crippen LogP contribution >= 0.6 is 12.2 Å². The summed E-state index contributed by atoms with van der Waals surface area (Å²) in [5.74, 6) is 0.0395. The average molecular weight is 214 g/mol. The summed E-state index contributed by atoms with van der Waals surface area (Å²) < 4.78 is 5.62. The summed E-state index contributed by atoms with van der Waals surface area (Å²) in [6, 6.07) is 0. The van der Waals surface area contributed by atoms with Crippen molar-refractivity contribution >= 4 is 23.1 Å². The van der Waals surface area contributed by atoms with Gasteiger partial charge in [0, 0.05) is 13.1 Å². The summed E-state index contributed by atoms with van der Waals surface area (Å²) in [5.41, 5.74) is 5.34. The third-order valence-corrected chi connectivity index (χ3v) is 2.87. The number of fused-ring (bicyclic) bond motifs is 2. The Morgan fingerprint density at radius 3 is 2.50 bits per heavy atom. The van der Waals surface area contributed by atoms with Crippen molar-refractivity contribution in [3.05, 3.63) is 0 Å². The van der Waals surface area contributed by atoms with Crippen LogP contribution in [-0.4, -0.2) is 41.1 Å². The van der Waals surface area contributed by atoms with Crippen LogP contribution < -0.4 is 5.73 Å². The van der Waals surface area contributed by atoms with Crippen molar-refractivity contribution in [1.29, 1.82) is 0 Å². The molecule has 0 aromatic rings. The van der Waals surface area contributed by atoms with E-state index in [1.807, 2.05) is 4.90 Å². The second-order valence-electron chi connectivity index (χ2n) is 3.90. The molecule has 0 aromatic heterocycles. The standard InChI is InChI=1S/C9H14N2O2S/c10-8(14)3-9(12)11-4-6-1-2-7(5-11)13-6/h6-7H,1-5H2,(H2,10,14). The van der Waals surface area contributed by atoms with Gasteiger partial charge >= 0.3 is 0 Å². The molecule has 4 nitrogen and oxygen atoms in total. The third kappa shape index (κ3) is 2.04. The van der Waals surface area contributed by atoms with E-state index in [0.717, 1.165) is 12.8 Å². The van der Waals surface area contributed by atoms with Crippen LogP contribution in [0.3, 0.4) is 0 Å². The van der Waals surface area contributed by atoms with Crippen LogP contribution in [0.1, 0.15) is 19.3 Å². The molecule has 78 valence electrons. The number of amides is 1. The molecule has 1 amide bonds. The molecule has 0 aromatic carbocycles. The van der Waals surface area contributed by atoms with Crippen LogP contribution in [0.4, 0.5) is 0 Å². The lowest BCUT2D eigenvalue weighted by Crippen LogP contribution is -2.46. The zero-order valence-electron chi connectivity index (χ0n) is 7.94. The molecule has 2 aliphatic rings. The largest absolute Gasteiger partial charge is 0.393 e. The van der Waals surface area contributed by atoms with E-state index in [1.165, 1.54) is 0 Å². The number of hydrogen-bond acceptors (Lipinski definition) is 3. The van der Waals surface area contributed by atoms with Crippen molar-refractivity contribution in [2.45, 2.75) is 31.5 Å². The number of ether oxygens (including phenoxy) is 1. The first kappa shape index (κ1) is 9.86. The maximum absolute atomic E-state index is 11.6. The molecule has 0 aliphatic carbocycles. The topological polar surface area (TPSA) is 55.6 Å². The van der Waals surface area contributed by atoms with E-state index in [1.54, 1.807) is 0 Å². The van der Waals surface area contributed by atoms with Crippen molar-refractivity contribution in [3.63, 3.8) is 0 Å². The minimum Gasteiger partial charge on any atom is -0.393 e. The zero-order valence-corrected chi connectivity index (χ0v) is 8.76. The summed E-state index contributed by atoms with van der Waals surface area (Å²) in [6.07, 6.45) is 2.81. The number of rotatable bonds is 2. The molecule has 2 bridgehead atoms. The molecule has 5 heteroatoms. The van der Waals surface area contributed by atoms with Gasteiger partial charge in [0.1, 0.15) is 0 Å². The Labute approximate surface area is 88.4 Å². The Bertz CT molecular complexity index is 258. The number of nitrogens with two attached hydrogens (primary N) is 1. The summed E-state index contributed by atoms with van der Waals surface area (Å²) in [5, 5.41) is 0. The predicted octanol–water partition coefficient (Wildman–Crippen LogP) is 0.0524. The maximum Gasteiger partial charge on any atom is 0.229 e. The van der Waals surface area contributed by atoms with Gasteiger partial charge in [0.2, 0.25) is 5.91 Å². The molecule has 2 atom stereocenters. The van der Waals surface area contributed by atoms with E-state index in [-0.39, 0.29) is 29.5 Å². The molecule has 2 rings (SSSR count). The van der Waals surface area contributed by atoms with E-state index >= 15 is 0 Å². The highest BCUT2D eigenvalue weighted by molar-refractivity contribution is 7.80. The molecular weight excluding hydrogens is 200 g/mol. The van der Waals surface area contributed by atoms with E-state index < -0.39 is 0 Å². The molecule has 2 aliphatic heterocycles. The van der Waals surface area contributed by atoms with Crippen molar-refractivity contribution in [3.8, 4) is 0 Å². The Kier molecular flexibility index (Phi) is 2.69. The quantitative estimate of drug-likeness (QED) is 0.660. The van der Waals surface area contributed by atoms with Gasteiger partial charge < -0.3 is 15.4 Å². The molecule has 0 saturated carbocycles. The fourth-order valence-corrected chi connectivity index (χ4v) is 2.20. The van der Waals surface area contributed by atoms with Crippen molar-refractivity contribution in [2.75, 3.05) is 13.1 Å². The Hall–Kier alpha value is -0.680. The monoisotopic (exact) mass is 214 g/mol. The summed E-state index contributed by atoms with van der Waals surface area (Å²) in [6.45, 7) is 1.41. The van der Waals surface area contributed by atoms with E-state index in [0.29, 0.717) is 13.1 Å². The van der Waals surface area contributed by atoms with Gasteiger partial charge in [-0.3, -0.25) is 4.79 Å². The molecule has 2 saturated heterocycles. The number of nitrogens with zero attached hydrogens (tertiary/aromatic N) is 1. The molecule has 14 heavy (non-hydrogen) atoms. The van der Waals surface area contributed by atoms with Crippen molar-refractivity contribution < 1.29 is 9.53 Å².